The monoisotopic (exact) mass is 251 g/mol. The molecule has 0 aliphatic carbocycles. The Morgan fingerprint density at radius 2 is 1.94 bits per heavy atom. The maximum absolute atomic E-state index is 12.7. The van der Waals surface area contributed by atoms with E-state index in [4.69, 9.17) is 11.6 Å². The van der Waals surface area contributed by atoms with Gasteiger partial charge in [-0.25, -0.2) is 0 Å². The van der Waals surface area contributed by atoms with Crippen LogP contribution in [0.15, 0.2) is 18.2 Å². The van der Waals surface area contributed by atoms with Crippen molar-refractivity contribution < 1.29 is 13.2 Å². The summed E-state index contributed by atoms with van der Waals surface area (Å²) >= 11 is 5.78. The van der Waals surface area contributed by atoms with Crippen LogP contribution in [-0.4, -0.2) is 6.04 Å². The van der Waals surface area contributed by atoms with Crippen LogP contribution in [0.3, 0.4) is 0 Å². The third kappa shape index (κ3) is 3.39. The van der Waals surface area contributed by atoms with Crippen molar-refractivity contribution >= 4 is 11.6 Å². The zero-order valence-electron chi connectivity index (χ0n) is 9.03. The van der Waals surface area contributed by atoms with Crippen LogP contribution < -0.4 is 5.32 Å². The molecule has 0 spiro atoms. The molecule has 0 radical (unpaired) electrons. The first kappa shape index (κ1) is 13.3. The first-order chi connectivity index (χ1) is 7.32. The van der Waals surface area contributed by atoms with Crippen LogP contribution in [0.4, 0.5) is 13.2 Å². The molecule has 1 aromatic carbocycles. The molecular formula is C11H13ClF3N. The van der Waals surface area contributed by atoms with Gasteiger partial charge in [0.1, 0.15) is 0 Å². The van der Waals surface area contributed by atoms with Gasteiger partial charge in [0.05, 0.1) is 5.56 Å². The van der Waals surface area contributed by atoms with Crippen molar-refractivity contribution in [2.24, 2.45) is 0 Å². The number of hydrogen-bond donors (Lipinski definition) is 1. The maximum atomic E-state index is 12.7. The van der Waals surface area contributed by atoms with Crippen molar-refractivity contribution in [2.45, 2.75) is 32.6 Å². The lowest BCUT2D eigenvalue weighted by Crippen LogP contribution is -2.24. The van der Waals surface area contributed by atoms with Crippen molar-refractivity contribution in [1.29, 1.82) is 0 Å². The lowest BCUT2D eigenvalue weighted by Gasteiger charge is -2.16. The zero-order valence-corrected chi connectivity index (χ0v) is 9.78. The van der Waals surface area contributed by atoms with E-state index in [0.717, 1.165) is 6.07 Å². The van der Waals surface area contributed by atoms with Gasteiger partial charge in [-0.1, -0.05) is 31.5 Å². The topological polar surface area (TPSA) is 12.0 Å². The first-order valence-electron chi connectivity index (χ1n) is 4.90. The van der Waals surface area contributed by atoms with E-state index in [-0.39, 0.29) is 23.2 Å². The summed E-state index contributed by atoms with van der Waals surface area (Å²) in [5.74, 6) is 0. The van der Waals surface area contributed by atoms with Crippen LogP contribution in [0, 0.1) is 0 Å². The van der Waals surface area contributed by atoms with E-state index in [9.17, 15) is 13.2 Å². The summed E-state index contributed by atoms with van der Waals surface area (Å²) < 4.78 is 38.0. The average Bonchev–Trinajstić information content (AvgIpc) is 2.13. The van der Waals surface area contributed by atoms with E-state index < -0.39 is 11.7 Å². The number of benzene rings is 1. The van der Waals surface area contributed by atoms with Gasteiger partial charge in [0.25, 0.3) is 0 Å². The van der Waals surface area contributed by atoms with Gasteiger partial charge in [-0.3, -0.25) is 0 Å². The van der Waals surface area contributed by atoms with Crippen molar-refractivity contribution in [2.75, 3.05) is 0 Å². The van der Waals surface area contributed by atoms with Crippen LogP contribution >= 0.6 is 11.6 Å². The summed E-state index contributed by atoms with van der Waals surface area (Å²) in [6.07, 6.45) is -4.36. The van der Waals surface area contributed by atoms with Gasteiger partial charge in [0.2, 0.25) is 0 Å². The Labute approximate surface area is 97.6 Å². The minimum absolute atomic E-state index is 0.102. The molecule has 90 valence electrons. The van der Waals surface area contributed by atoms with Crippen LogP contribution in [-0.2, 0) is 12.7 Å². The highest BCUT2D eigenvalue weighted by Crippen LogP contribution is 2.34. The Balaban J connectivity index is 3.04. The number of hydrogen-bond acceptors (Lipinski definition) is 1. The smallest absolute Gasteiger partial charge is 0.310 e. The van der Waals surface area contributed by atoms with Crippen LogP contribution in [0.1, 0.15) is 25.0 Å². The van der Waals surface area contributed by atoms with Crippen molar-refractivity contribution in [3.05, 3.63) is 34.3 Å². The fourth-order valence-electron chi connectivity index (χ4n) is 1.31. The molecule has 0 bridgehead atoms. The molecule has 1 nitrogen and oxygen atoms in total. The molecule has 5 heteroatoms. The molecule has 1 rings (SSSR count). The summed E-state index contributed by atoms with van der Waals surface area (Å²) in [7, 11) is 0. The minimum atomic E-state index is -4.36. The second-order valence-corrected chi connectivity index (χ2v) is 4.21. The Hall–Kier alpha value is -0.740. The Kier molecular flexibility index (Phi) is 4.21. The first-order valence-corrected chi connectivity index (χ1v) is 5.28. The fourth-order valence-corrected chi connectivity index (χ4v) is 1.55. The van der Waals surface area contributed by atoms with Gasteiger partial charge in [0, 0.05) is 17.6 Å². The van der Waals surface area contributed by atoms with E-state index in [1.54, 1.807) is 0 Å². The number of halogens is 4. The predicted molar refractivity (Wildman–Crippen MR) is 58.4 cm³/mol. The van der Waals surface area contributed by atoms with Gasteiger partial charge in [-0.05, 0) is 17.7 Å². The molecule has 0 heterocycles. The lowest BCUT2D eigenvalue weighted by atomic mass is 10.1. The number of nitrogens with one attached hydrogen (secondary N) is 1. The van der Waals surface area contributed by atoms with E-state index in [1.807, 2.05) is 13.8 Å². The van der Waals surface area contributed by atoms with Gasteiger partial charge >= 0.3 is 6.18 Å². The minimum Gasteiger partial charge on any atom is -0.310 e. The van der Waals surface area contributed by atoms with Crippen LogP contribution in [0.25, 0.3) is 0 Å². The van der Waals surface area contributed by atoms with Crippen molar-refractivity contribution in [3.8, 4) is 0 Å². The van der Waals surface area contributed by atoms with E-state index in [2.05, 4.69) is 5.32 Å². The van der Waals surface area contributed by atoms with E-state index in [0.29, 0.717) is 0 Å². The maximum Gasteiger partial charge on any atom is 0.416 e. The third-order valence-corrected chi connectivity index (χ3v) is 2.47. The Morgan fingerprint density at radius 3 is 2.44 bits per heavy atom. The normalized spacial score (nSPS) is 12.2. The number of rotatable bonds is 3. The molecule has 0 amide bonds. The van der Waals surface area contributed by atoms with Gasteiger partial charge in [-0.2, -0.15) is 13.2 Å². The highest BCUT2D eigenvalue weighted by Gasteiger charge is 2.33. The summed E-state index contributed by atoms with van der Waals surface area (Å²) in [6, 6.07) is 3.93. The average molecular weight is 252 g/mol. The van der Waals surface area contributed by atoms with Crippen LogP contribution in [0.5, 0.6) is 0 Å². The second kappa shape index (κ2) is 5.06. The summed E-state index contributed by atoms with van der Waals surface area (Å²) in [5.41, 5.74) is -0.571. The largest absolute Gasteiger partial charge is 0.416 e. The van der Waals surface area contributed by atoms with Crippen molar-refractivity contribution in [3.63, 3.8) is 0 Å². The van der Waals surface area contributed by atoms with Crippen LogP contribution in [0.2, 0.25) is 5.02 Å². The van der Waals surface area contributed by atoms with E-state index >= 15 is 0 Å². The summed E-state index contributed by atoms with van der Waals surface area (Å²) in [6.45, 7) is 3.85. The molecule has 0 atom stereocenters. The molecule has 0 aliphatic heterocycles. The summed E-state index contributed by atoms with van der Waals surface area (Å²) in [4.78, 5) is 0. The quantitative estimate of drug-likeness (QED) is 0.860. The second-order valence-electron chi connectivity index (χ2n) is 3.80. The molecule has 0 saturated carbocycles. The van der Waals surface area contributed by atoms with Gasteiger partial charge in [0.15, 0.2) is 0 Å². The molecule has 1 aromatic rings. The molecule has 16 heavy (non-hydrogen) atoms. The number of alkyl halides is 3. The SMILES string of the molecule is CC(C)NCc1c(Cl)cccc1C(F)(F)F. The van der Waals surface area contributed by atoms with Gasteiger partial charge < -0.3 is 5.32 Å². The summed E-state index contributed by atoms with van der Waals surface area (Å²) in [5, 5.41) is 3.07. The molecule has 1 N–H and O–H groups in total. The molecule has 0 fully saturated rings. The standard InChI is InChI=1S/C11H13ClF3N/c1-7(2)16-6-8-9(11(13,14)15)4-3-5-10(8)12/h3-5,7,16H,6H2,1-2H3. The molecule has 0 unspecified atom stereocenters. The highest BCUT2D eigenvalue weighted by molar-refractivity contribution is 6.31. The molecule has 0 aromatic heterocycles. The molecular weight excluding hydrogens is 239 g/mol. The zero-order chi connectivity index (χ0) is 12.3. The molecule has 0 saturated heterocycles. The predicted octanol–water partition coefficient (Wildman–Crippen LogP) is 3.86. The Morgan fingerprint density at radius 1 is 1.31 bits per heavy atom. The third-order valence-electron chi connectivity index (χ3n) is 2.11. The Bertz CT molecular complexity index is 361. The lowest BCUT2D eigenvalue weighted by molar-refractivity contribution is -0.138. The molecule has 0 aliphatic rings. The highest BCUT2D eigenvalue weighted by atomic mass is 35.5. The van der Waals surface area contributed by atoms with Gasteiger partial charge in [-0.15, -0.1) is 0 Å². The van der Waals surface area contributed by atoms with Crippen molar-refractivity contribution in [1.82, 2.24) is 5.32 Å². The fraction of sp³-hybridized carbons (Fsp3) is 0.455. The van der Waals surface area contributed by atoms with E-state index in [1.165, 1.54) is 12.1 Å².